The average molecular weight is 478 g/mol. The van der Waals surface area contributed by atoms with Crippen molar-refractivity contribution >= 4 is 15.7 Å². The Morgan fingerprint density at radius 1 is 0.882 bits per heavy atom. The van der Waals surface area contributed by atoms with E-state index in [0.717, 1.165) is 54.5 Å². The van der Waals surface area contributed by atoms with Crippen LogP contribution in [0, 0.1) is 0 Å². The molecule has 4 heterocycles. The molecule has 2 aromatic heterocycles. The van der Waals surface area contributed by atoms with E-state index in [1.54, 1.807) is 30.5 Å². The third kappa shape index (κ3) is 5.13. The second-order valence-electron chi connectivity index (χ2n) is 9.10. The first-order valence-corrected chi connectivity index (χ1v) is 13.8. The van der Waals surface area contributed by atoms with Crippen molar-refractivity contribution < 1.29 is 8.42 Å². The summed E-state index contributed by atoms with van der Waals surface area (Å²) in [5.74, 6) is 1.85. The summed E-state index contributed by atoms with van der Waals surface area (Å²) in [6, 6.07) is 12.6. The van der Waals surface area contributed by atoms with E-state index in [1.807, 2.05) is 24.4 Å². The van der Waals surface area contributed by atoms with Crippen LogP contribution in [0.4, 0.5) is 5.82 Å². The Morgan fingerprint density at radius 2 is 1.68 bits per heavy atom. The maximum absolute atomic E-state index is 12.8. The number of pyridine rings is 1. The van der Waals surface area contributed by atoms with Gasteiger partial charge in [0.15, 0.2) is 15.7 Å². The molecule has 178 valence electrons. The molecule has 0 atom stereocenters. The molecule has 1 fully saturated rings. The second-order valence-corrected chi connectivity index (χ2v) is 11.2. The molecule has 1 saturated heterocycles. The average Bonchev–Trinajstić information content (AvgIpc) is 3.17. The van der Waals surface area contributed by atoms with Gasteiger partial charge >= 0.3 is 0 Å². The largest absolute Gasteiger partial charge is 0.356 e. The number of hydrogen-bond donors (Lipinski definition) is 0. The van der Waals surface area contributed by atoms with Crippen LogP contribution in [0.15, 0.2) is 59.8 Å². The fourth-order valence-electron chi connectivity index (χ4n) is 4.81. The lowest BCUT2D eigenvalue weighted by Gasteiger charge is -2.32. The number of benzene rings is 1. The SMILES string of the molecule is O=S(=O)(CCN1CCc2nc(-c3cccnc3)nc(N3CCCCCC3)c2C1)c1ccccc1. The van der Waals surface area contributed by atoms with Gasteiger partial charge in [-0.3, -0.25) is 9.88 Å². The normalized spacial score (nSPS) is 17.2. The summed E-state index contributed by atoms with van der Waals surface area (Å²) in [6.07, 6.45) is 9.21. The Bertz CT molecular complexity index is 1210. The van der Waals surface area contributed by atoms with Gasteiger partial charge in [0, 0.05) is 62.7 Å². The Kier molecular flexibility index (Phi) is 6.87. The number of sulfone groups is 1. The minimum atomic E-state index is -3.31. The molecule has 0 saturated carbocycles. The first-order chi connectivity index (χ1) is 16.6. The van der Waals surface area contributed by atoms with E-state index in [9.17, 15) is 8.42 Å². The molecule has 0 bridgehead atoms. The highest BCUT2D eigenvalue weighted by Crippen LogP contribution is 2.31. The van der Waals surface area contributed by atoms with Crippen molar-refractivity contribution in [1.82, 2.24) is 19.9 Å². The molecule has 7 nitrogen and oxygen atoms in total. The molecule has 0 amide bonds. The zero-order valence-electron chi connectivity index (χ0n) is 19.4. The van der Waals surface area contributed by atoms with Crippen molar-refractivity contribution in [2.24, 2.45) is 0 Å². The van der Waals surface area contributed by atoms with E-state index in [-0.39, 0.29) is 5.75 Å². The number of nitrogens with zero attached hydrogens (tertiary/aromatic N) is 5. The van der Waals surface area contributed by atoms with Crippen LogP contribution < -0.4 is 4.90 Å². The van der Waals surface area contributed by atoms with Gasteiger partial charge in [-0.1, -0.05) is 31.0 Å². The summed E-state index contributed by atoms with van der Waals surface area (Å²) in [4.78, 5) is 19.3. The Hall–Kier alpha value is -2.84. The fraction of sp³-hybridized carbons (Fsp3) is 0.423. The van der Waals surface area contributed by atoms with Crippen LogP contribution in [0.5, 0.6) is 0 Å². The molecular weight excluding hydrogens is 446 g/mol. The highest BCUT2D eigenvalue weighted by atomic mass is 32.2. The van der Waals surface area contributed by atoms with Crippen LogP contribution in [0.2, 0.25) is 0 Å². The standard InChI is InChI=1S/C26H31N5O2S/c32-34(33,22-10-4-3-5-11-22)18-17-30-16-12-24-23(20-30)26(31-14-6-1-2-7-15-31)29-25(28-24)21-9-8-13-27-19-21/h3-5,8-11,13,19H,1-2,6-7,12,14-18,20H2. The number of rotatable bonds is 6. The molecule has 0 aliphatic carbocycles. The van der Waals surface area contributed by atoms with Crippen molar-refractivity contribution in [3.63, 3.8) is 0 Å². The number of fused-ring (bicyclic) bond motifs is 1. The fourth-order valence-corrected chi connectivity index (χ4v) is 6.11. The van der Waals surface area contributed by atoms with Crippen LogP contribution in [0.1, 0.15) is 36.9 Å². The van der Waals surface area contributed by atoms with E-state index in [0.29, 0.717) is 18.0 Å². The third-order valence-corrected chi connectivity index (χ3v) is 8.43. The molecular formula is C26H31N5O2S. The lowest BCUT2D eigenvalue weighted by atomic mass is 10.0. The van der Waals surface area contributed by atoms with Gasteiger partial charge in [0.25, 0.3) is 0 Å². The van der Waals surface area contributed by atoms with E-state index >= 15 is 0 Å². The van der Waals surface area contributed by atoms with Gasteiger partial charge in [-0.25, -0.2) is 18.4 Å². The summed E-state index contributed by atoms with van der Waals surface area (Å²) < 4.78 is 25.6. The van der Waals surface area contributed by atoms with Gasteiger partial charge in [0.2, 0.25) is 0 Å². The Balaban J connectivity index is 1.41. The third-order valence-electron chi connectivity index (χ3n) is 6.72. The maximum atomic E-state index is 12.8. The molecule has 34 heavy (non-hydrogen) atoms. The number of aromatic nitrogens is 3. The van der Waals surface area contributed by atoms with Crippen LogP contribution >= 0.6 is 0 Å². The van der Waals surface area contributed by atoms with Gasteiger partial charge in [-0.05, 0) is 37.1 Å². The van der Waals surface area contributed by atoms with Crippen LogP contribution in [0.3, 0.4) is 0 Å². The summed E-state index contributed by atoms with van der Waals surface area (Å²) in [5, 5.41) is 0. The lowest BCUT2D eigenvalue weighted by Crippen LogP contribution is -2.37. The number of anilines is 1. The van der Waals surface area contributed by atoms with Gasteiger partial charge in [-0.2, -0.15) is 0 Å². The first-order valence-electron chi connectivity index (χ1n) is 12.2. The van der Waals surface area contributed by atoms with Crippen LogP contribution in [-0.2, 0) is 22.8 Å². The zero-order chi connectivity index (χ0) is 23.4. The summed E-state index contributed by atoms with van der Waals surface area (Å²) in [5.41, 5.74) is 3.16. The highest BCUT2D eigenvalue weighted by molar-refractivity contribution is 7.91. The molecule has 1 aromatic carbocycles. The van der Waals surface area contributed by atoms with E-state index in [2.05, 4.69) is 14.8 Å². The minimum Gasteiger partial charge on any atom is -0.356 e. The highest BCUT2D eigenvalue weighted by Gasteiger charge is 2.27. The molecule has 8 heteroatoms. The molecule has 2 aliphatic heterocycles. The van der Waals surface area contributed by atoms with Crippen LogP contribution in [0.25, 0.3) is 11.4 Å². The van der Waals surface area contributed by atoms with Crippen molar-refractivity contribution in [1.29, 1.82) is 0 Å². The molecule has 3 aromatic rings. The van der Waals surface area contributed by atoms with Crippen molar-refractivity contribution in [3.05, 3.63) is 66.1 Å². The first kappa shape index (κ1) is 22.9. The molecule has 0 radical (unpaired) electrons. The van der Waals surface area contributed by atoms with E-state index in [1.165, 1.54) is 25.7 Å². The van der Waals surface area contributed by atoms with E-state index < -0.39 is 9.84 Å². The van der Waals surface area contributed by atoms with E-state index in [4.69, 9.17) is 9.97 Å². The predicted molar refractivity (Wildman–Crippen MR) is 133 cm³/mol. The predicted octanol–water partition coefficient (Wildman–Crippen LogP) is 3.75. The van der Waals surface area contributed by atoms with Crippen LogP contribution in [-0.4, -0.2) is 60.2 Å². The molecule has 0 unspecified atom stereocenters. The zero-order valence-corrected chi connectivity index (χ0v) is 20.3. The van der Waals surface area contributed by atoms with Crippen molar-refractivity contribution in [2.45, 2.75) is 43.5 Å². The second kappa shape index (κ2) is 10.2. The Labute approximate surface area is 201 Å². The molecule has 0 N–H and O–H groups in total. The topological polar surface area (TPSA) is 79.3 Å². The molecule has 0 spiro atoms. The van der Waals surface area contributed by atoms with Gasteiger partial charge < -0.3 is 4.90 Å². The van der Waals surface area contributed by atoms with Crippen molar-refractivity contribution in [3.8, 4) is 11.4 Å². The smallest absolute Gasteiger partial charge is 0.179 e. The lowest BCUT2D eigenvalue weighted by molar-refractivity contribution is 0.266. The quantitative estimate of drug-likeness (QED) is 0.535. The maximum Gasteiger partial charge on any atom is 0.179 e. The summed E-state index contributed by atoms with van der Waals surface area (Å²) in [6.45, 7) is 3.97. The summed E-state index contributed by atoms with van der Waals surface area (Å²) in [7, 11) is -3.31. The minimum absolute atomic E-state index is 0.111. The Morgan fingerprint density at radius 3 is 2.41 bits per heavy atom. The van der Waals surface area contributed by atoms with Gasteiger partial charge in [-0.15, -0.1) is 0 Å². The van der Waals surface area contributed by atoms with Crippen molar-refractivity contribution in [2.75, 3.05) is 36.8 Å². The van der Waals surface area contributed by atoms with Gasteiger partial charge in [0.1, 0.15) is 5.82 Å². The molecule has 5 rings (SSSR count). The summed E-state index contributed by atoms with van der Waals surface area (Å²) >= 11 is 0. The monoisotopic (exact) mass is 477 g/mol. The van der Waals surface area contributed by atoms with Gasteiger partial charge in [0.05, 0.1) is 16.3 Å². The molecule has 2 aliphatic rings. The number of hydrogen-bond acceptors (Lipinski definition) is 7.